The number of H-pyrrole nitrogens is 1. The van der Waals surface area contributed by atoms with Gasteiger partial charge in [0.05, 0.1) is 11.2 Å². The number of nitrogens with one attached hydrogen (secondary N) is 1. The molecule has 0 spiro atoms. The van der Waals surface area contributed by atoms with Crippen LogP contribution in [-0.4, -0.2) is 20.1 Å². The van der Waals surface area contributed by atoms with Crippen molar-refractivity contribution < 1.29 is 13.9 Å². The Bertz CT molecular complexity index is 1330. The van der Waals surface area contributed by atoms with Gasteiger partial charge in [-0.15, -0.1) is 0 Å². The highest BCUT2D eigenvalue weighted by Crippen LogP contribution is 2.39. The number of halogens is 2. The van der Waals surface area contributed by atoms with Crippen LogP contribution in [0.25, 0.3) is 33.3 Å². The van der Waals surface area contributed by atoms with Crippen LogP contribution in [0, 0.1) is 5.82 Å². The highest BCUT2D eigenvalue weighted by molar-refractivity contribution is 6.39. The molecular weight excluding hydrogens is 405 g/mol. The van der Waals surface area contributed by atoms with Crippen LogP contribution in [0.1, 0.15) is 17.6 Å². The van der Waals surface area contributed by atoms with Crippen LogP contribution in [0.15, 0.2) is 77.8 Å². The van der Waals surface area contributed by atoms with Gasteiger partial charge >= 0.3 is 0 Å². The summed E-state index contributed by atoms with van der Waals surface area (Å²) in [5.41, 5.74) is 4.44. The summed E-state index contributed by atoms with van der Waals surface area (Å²) in [7, 11) is 0. The molecule has 2 N–H and O–H groups in total. The number of benzene rings is 2. The van der Waals surface area contributed by atoms with E-state index in [0.717, 1.165) is 22.1 Å². The second kappa shape index (κ2) is 7.40. The Labute approximate surface area is 175 Å². The lowest BCUT2D eigenvalue weighted by atomic mass is 9.99. The van der Waals surface area contributed by atoms with Gasteiger partial charge in [0, 0.05) is 28.9 Å². The minimum Gasteiger partial charge on any atom is -0.446 e. The van der Waals surface area contributed by atoms with Crippen LogP contribution in [-0.2, 0) is 0 Å². The molecule has 5 nitrogen and oxygen atoms in total. The largest absolute Gasteiger partial charge is 0.446 e. The molecule has 0 aliphatic carbocycles. The van der Waals surface area contributed by atoms with Crippen LogP contribution >= 0.6 is 11.6 Å². The number of aliphatic hydroxyl groups excluding tert-OH is 1. The van der Waals surface area contributed by atoms with E-state index in [1.54, 1.807) is 24.4 Å². The Kier molecular flexibility index (Phi) is 4.58. The highest BCUT2D eigenvalue weighted by Gasteiger charge is 2.18. The lowest BCUT2D eigenvalue weighted by Gasteiger charge is -2.11. The van der Waals surface area contributed by atoms with Gasteiger partial charge in [-0.2, -0.15) is 0 Å². The normalized spacial score (nSPS) is 12.4. The third kappa shape index (κ3) is 3.16. The van der Waals surface area contributed by atoms with Crippen LogP contribution in [0.4, 0.5) is 4.39 Å². The molecule has 0 bridgehead atoms. The number of aliphatic hydroxyl groups is 1. The zero-order valence-corrected chi connectivity index (χ0v) is 16.3. The fourth-order valence-corrected chi connectivity index (χ4v) is 3.85. The zero-order valence-electron chi connectivity index (χ0n) is 15.5. The van der Waals surface area contributed by atoms with E-state index in [4.69, 9.17) is 16.0 Å². The Balaban J connectivity index is 1.62. The minimum atomic E-state index is -0.988. The number of hydrogen-bond donors (Lipinski definition) is 2. The standard InChI is InChI=1S/C23H15ClFN3O2/c24-20-18(14-2-1-3-15(10-14)21(29)23-26-8-9-30-23)12-28-22-19(20)17(11-27-22)13-4-6-16(25)7-5-13/h1-12,21,29H,(H,27,28). The predicted molar refractivity (Wildman–Crippen MR) is 112 cm³/mol. The Hall–Kier alpha value is -3.48. The lowest BCUT2D eigenvalue weighted by molar-refractivity contribution is 0.182. The van der Waals surface area contributed by atoms with Crippen molar-refractivity contribution in [3.63, 3.8) is 0 Å². The van der Waals surface area contributed by atoms with Crippen molar-refractivity contribution in [3.05, 3.63) is 95.7 Å². The first-order valence-corrected chi connectivity index (χ1v) is 9.59. The molecule has 2 aromatic carbocycles. The number of pyridine rings is 1. The molecule has 0 aliphatic rings. The van der Waals surface area contributed by atoms with Gasteiger partial charge in [0.1, 0.15) is 17.7 Å². The molecule has 1 unspecified atom stereocenters. The smallest absolute Gasteiger partial charge is 0.227 e. The first kappa shape index (κ1) is 18.5. The molecule has 0 saturated carbocycles. The quantitative estimate of drug-likeness (QED) is 0.388. The maximum Gasteiger partial charge on any atom is 0.227 e. The summed E-state index contributed by atoms with van der Waals surface area (Å²) < 4.78 is 18.5. The molecule has 30 heavy (non-hydrogen) atoms. The van der Waals surface area contributed by atoms with E-state index in [9.17, 15) is 9.50 Å². The maximum absolute atomic E-state index is 13.3. The molecular formula is C23H15ClFN3O2. The molecule has 3 heterocycles. The molecule has 0 saturated heterocycles. The topological polar surface area (TPSA) is 74.9 Å². The summed E-state index contributed by atoms with van der Waals surface area (Å²) >= 11 is 6.81. The van der Waals surface area contributed by atoms with E-state index in [1.807, 2.05) is 24.4 Å². The van der Waals surface area contributed by atoms with E-state index in [-0.39, 0.29) is 11.7 Å². The molecule has 0 aliphatic heterocycles. The number of hydrogen-bond acceptors (Lipinski definition) is 4. The van der Waals surface area contributed by atoms with Crippen molar-refractivity contribution in [1.82, 2.24) is 15.0 Å². The first-order chi connectivity index (χ1) is 14.6. The fourth-order valence-electron chi connectivity index (χ4n) is 3.50. The molecule has 1 atom stereocenters. The average Bonchev–Trinajstić information content (AvgIpc) is 3.45. The average molecular weight is 420 g/mol. The fraction of sp³-hybridized carbons (Fsp3) is 0.0435. The van der Waals surface area contributed by atoms with Gasteiger partial charge < -0.3 is 14.5 Å². The van der Waals surface area contributed by atoms with Crippen molar-refractivity contribution >= 4 is 22.6 Å². The maximum atomic E-state index is 13.3. The van der Waals surface area contributed by atoms with Crippen LogP contribution in [0.2, 0.25) is 5.02 Å². The zero-order chi connectivity index (χ0) is 20.7. The van der Waals surface area contributed by atoms with Crippen molar-refractivity contribution in [1.29, 1.82) is 0 Å². The number of oxazole rings is 1. The summed E-state index contributed by atoms with van der Waals surface area (Å²) in [6.07, 6.45) is 5.41. The number of nitrogens with zero attached hydrogens (tertiary/aromatic N) is 2. The predicted octanol–water partition coefficient (Wildman–Crippen LogP) is 5.76. The number of aromatic amines is 1. The Morgan fingerprint density at radius 1 is 1.03 bits per heavy atom. The SMILES string of the molecule is OC(c1cccc(-c2cnc3[nH]cc(-c4ccc(F)cc4)c3c2Cl)c1)c1ncco1. The first-order valence-electron chi connectivity index (χ1n) is 9.21. The summed E-state index contributed by atoms with van der Waals surface area (Å²) in [5, 5.41) is 11.8. The molecule has 0 amide bonds. The van der Waals surface area contributed by atoms with Crippen LogP contribution in [0.5, 0.6) is 0 Å². The monoisotopic (exact) mass is 419 g/mol. The van der Waals surface area contributed by atoms with Gasteiger partial charge in [-0.1, -0.05) is 41.9 Å². The van der Waals surface area contributed by atoms with Gasteiger partial charge in [0.25, 0.3) is 0 Å². The second-order valence-electron chi connectivity index (χ2n) is 6.82. The van der Waals surface area contributed by atoms with E-state index in [2.05, 4.69) is 15.0 Å². The van der Waals surface area contributed by atoms with E-state index in [1.165, 1.54) is 24.6 Å². The van der Waals surface area contributed by atoms with E-state index < -0.39 is 6.10 Å². The Morgan fingerprint density at radius 3 is 2.63 bits per heavy atom. The summed E-state index contributed by atoms with van der Waals surface area (Å²) in [6, 6.07) is 13.6. The third-order valence-electron chi connectivity index (χ3n) is 4.99. The molecule has 0 fully saturated rings. The van der Waals surface area contributed by atoms with Crippen molar-refractivity contribution in [2.45, 2.75) is 6.10 Å². The molecule has 148 valence electrons. The van der Waals surface area contributed by atoms with Crippen LogP contribution < -0.4 is 0 Å². The summed E-state index contributed by atoms with van der Waals surface area (Å²) in [4.78, 5) is 11.6. The van der Waals surface area contributed by atoms with Gasteiger partial charge in [-0.05, 0) is 34.9 Å². The number of rotatable bonds is 4. The van der Waals surface area contributed by atoms with Crippen molar-refractivity contribution in [3.8, 4) is 22.3 Å². The molecule has 0 radical (unpaired) electrons. The molecule has 5 rings (SSSR count). The van der Waals surface area contributed by atoms with Gasteiger partial charge in [-0.25, -0.2) is 14.4 Å². The van der Waals surface area contributed by atoms with Gasteiger partial charge in [-0.3, -0.25) is 0 Å². The van der Waals surface area contributed by atoms with Crippen molar-refractivity contribution in [2.24, 2.45) is 0 Å². The molecule has 7 heteroatoms. The second-order valence-corrected chi connectivity index (χ2v) is 7.20. The van der Waals surface area contributed by atoms with Crippen LogP contribution in [0.3, 0.4) is 0 Å². The van der Waals surface area contributed by atoms with Gasteiger partial charge in [0.2, 0.25) is 5.89 Å². The summed E-state index contributed by atoms with van der Waals surface area (Å²) in [5.74, 6) is -0.0824. The van der Waals surface area contributed by atoms with E-state index >= 15 is 0 Å². The van der Waals surface area contributed by atoms with Gasteiger partial charge in [0.15, 0.2) is 6.10 Å². The molecule has 5 aromatic rings. The highest BCUT2D eigenvalue weighted by atomic mass is 35.5. The minimum absolute atomic E-state index is 0.219. The molecule has 3 aromatic heterocycles. The Morgan fingerprint density at radius 2 is 1.87 bits per heavy atom. The summed E-state index contributed by atoms with van der Waals surface area (Å²) in [6.45, 7) is 0. The third-order valence-corrected chi connectivity index (χ3v) is 5.38. The van der Waals surface area contributed by atoms with Crippen molar-refractivity contribution in [2.75, 3.05) is 0 Å². The number of fused-ring (bicyclic) bond motifs is 1. The lowest BCUT2D eigenvalue weighted by Crippen LogP contribution is -2.00. The number of aromatic nitrogens is 3. The van der Waals surface area contributed by atoms with E-state index in [0.29, 0.717) is 21.8 Å².